The molecule has 2 heterocycles. The van der Waals surface area contributed by atoms with Crippen LogP contribution in [0.3, 0.4) is 0 Å². The molecule has 0 bridgehead atoms. The Morgan fingerprint density at radius 3 is 3.05 bits per heavy atom. The molecule has 1 unspecified atom stereocenters. The second-order valence-electron chi connectivity index (χ2n) is 5.32. The maximum absolute atomic E-state index is 4.56. The van der Waals surface area contributed by atoms with Crippen molar-refractivity contribution in [2.24, 2.45) is 0 Å². The second kappa shape index (κ2) is 6.70. The molecule has 1 aliphatic rings. The molecule has 106 valence electrons. The highest BCUT2D eigenvalue weighted by atomic mass is 15.2. The molecule has 0 amide bonds. The lowest BCUT2D eigenvalue weighted by molar-refractivity contribution is 0.314. The number of anilines is 2. The molecule has 0 aromatic carbocycles. The lowest BCUT2D eigenvalue weighted by atomic mass is 10.2. The van der Waals surface area contributed by atoms with Crippen LogP contribution in [0.25, 0.3) is 0 Å². The van der Waals surface area contributed by atoms with Gasteiger partial charge in [-0.05, 0) is 38.9 Å². The average molecular weight is 263 g/mol. The largest absolute Gasteiger partial charge is 0.358 e. The summed E-state index contributed by atoms with van der Waals surface area (Å²) >= 11 is 0. The minimum absolute atomic E-state index is 0.645. The Labute approximate surface area is 116 Å². The SMILES string of the molecule is CCCNc1nccc(N(C)CC2CCCN2C)n1. The molecule has 1 aromatic heterocycles. The van der Waals surface area contributed by atoms with Gasteiger partial charge < -0.3 is 15.1 Å². The summed E-state index contributed by atoms with van der Waals surface area (Å²) in [5.41, 5.74) is 0. The number of likely N-dealkylation sites (N-methyl/N-ethyl adjacent to an activating group) is 2. The van der Waals surface area contributed by atoms with E-state index in [0.717, 1.165) is 31.3 Å². The number of rotatable bonds is 6. The summed E-state index contributed by atoms with van der Waals surface area (Å²) in [5, 5.41) is 3.23. The van der Waals surface area contributed by atoms with Crippen molar-refractivity contribution < 1.29 is 0 Å². The van der Waals surface area contributed by atoms with Crippen molar-refractivity contribution in [3.8, 4) is 0 Å². The van der Waals surface area contributed by atoms with Gasteiger partial charge >= 0.3 is 0 Å². The summed E-state index contributed by atoms with van der Waals surface area (Å²) in [5.74, 6) is 1.72. The number of hydrogen-bond donors (Lipinski definition) is 1. The molecule has 1 fully saturated rings. The zero-order valence-corrected chi connectivity index (χ0v) is 12.3. The molecule has 0 saturated carbocycles. The van der Waals surface area contributed by atoms with E-state index in [1.54, 1.807) is 0 Å². The Kier molecular flexibility index (Phi) is 4.96. The summed E-state index contributed by atoms with van der Waals surface area (Å²) in [7, 11) is 4.32. The van der Waals surface area contributed by atoms with Crippen molar-refractivity contribution in [2.45, 2.75) is 32.2 Å². The molecule has 0 aliphatic carbocycles. The maximum atomic E-state index is 4.56. The van der Waals surface area contributed by atoms with Gasteiger partial charge in [0, 0.05) is 32.4 Å². The Bertz CT molecular complexity index is 395. The van der Waals surface area contributed by atoms with E-state index < -0.39 is 0 Å². The summed E-state index contributed by atoms with van der Waals surface area (Å²) in [6.45, 7) is 5.30. The Morgan fingerprint density at radius 2 is 2.37 bits per heavy atom. The Morgan fingerprint density at radius 1 is 1.53 bits per heavy atom. The molecule has 0 radical (unpaired) electrons. The van der Waals surface area contributed by atoms with Crippen LogP contribution in [-0.4, -0.2) is 54.6 Å². The van der Waals surface area contributed by atoms with Crippen LogP contribution in [0.5, 0.6) is 0 Å². The smallest absolute Gasteiger partial charge is 0.224 e. The topological polar surface area (TPSA) is 44.3 Å². The molecule has 1 N–H and O–H groups in total. The summed E-state index contributed by atoms with van der Waals surface area (Å²) in [6, 6.07) is 2.62. The van der Waals surface area contributed by atoms with Crippen molar-refractivity contribution in [1.82, 2.24) is 14.9 Å². The quantitative estimate of drug-likeness (QED) is 0.848. The Balaban J connectivity index is 1.96. The summed E-state index contributed by atoms with van der Waals surface area (Å²) in [6.07, 6.45) is 5.50. The molecule has 5 nitrogen and oxygen atoms in total. The van der Waals surface area contributed by atoms with Gasteiger partial charge in [-0.15, -0.1) is 0 Å². The van der Waals surface area contributed by atoms with Crippen LogP contribution in [0.15, 0.2) is 12.3 Å². The van der Waals surface area contributed by atoms with Gasteiger partial charge in [-0.3, -0.25) is 0 Å². The van der Waals surface area contributed by atoms with Gasteiger partial charge in [0.15, 0.2) is 0 Å². The fourth-order valence-electron chi connectivity index (χ4n) is 2.50. The van der Waals surface area contributed by atoms with E-state index in [1.807, 2.05) is 12.3 Å². The highest BCUT2D eigenvalue weighted by Gasteiger charge is 2.22. The van der Waals surface area contributed by atoms with E-state index in [0.29, 0.717) is 6.04 Å². The third kappa shape index (κ3) is 3.80. The van der Waals surface area contributed by atoms with Crippen molar-refractivity contribution in [3.05, 3.63) is 12.3 Å². The molecule has 1 aliphatic heterocycles. The number of likely N-dealkylation sites (tertiary alicyclic amines) is 1. The molecule has 1 atom stereocenters. The lowest BCUT2D eigenvalue weighted by Crippen LogP contribution is -2.37. The van der Waals surface area contributed by atoms with Crippen LogP contribution < -0.4 is 10.2 Å². The summed E-state index contributed by atoms with van der Waals surface area (Å²) < 4.78 is 0. The first kappa shape index (κ1) is 14.1. The maximum Gasteiger partial charge on any atom is 0.224 e. The number of aromatic nitrogens is 2. The van der Waals surface area contributed by atoms with Crippen LogP contribution in [-0.2, 0) is 0 Å². The number of nitrogens with one attached hydrogen (secondary N) is 1. The van der Waals surface area contributed by atoms with Gasteiger partial charge in [-0.2, -0.15) is 4.98 Å². The standard InChI is InChI=1S/C14H25N5/c1-4-8-15-14-16-9-7-13(17-14)19(3)11-12-6-5-10-18(12)2/h7,9,12H,4-6,8,10-11H2,1-3H3,(H,15,16,17). The summed E-state index contributed by atoms with van der Waals surface area (Å²) in [4.78, 5) is 13.5. The van der Waals surface area contributed by atoms with Gasteiger partial charge in [0.05, 0.1) is 0 Å². The van der Waals surface area contributed by atoms with E-state index in [-0.39, 0.29) is 0 Å². The van der Waals surface area contributed by atoms with Gasteiger partial charge in [-0.1, -0.05) is 6.92 Å². The zero-order chi connectivity index (χ0) is 13.7. The van der Waals surface area contributed by atoms with Crippen LogP contribution in [0.1, 0.15) is 26.2 Å². The fourth-order valence-corrected chi connectivity index (χ4v) is 2.50. The van der Waals surface area contributed by atoms with E-state index in [2.05, 4.69) is 46.1 Å². The van der Waals surface area contributed by atoms with Crippen LogP contribution in [0.2, 0.25) is 0 Å². The molecule has 1 aromatic rings. The van der Waals surface area contributed by atoms with E-state index in [9.17, 15) is 0 Å². The van der Waals surface area contributed by atoms with E-state index in [4.69, 9.17) is 0 Å². The van der Waals surface area contributed by atoms with Crippen molar-refractivity contribution >= 4 is 11.8 Å². The average Bonchev–Trinajstić information content (AvgIpc) is 2.82. The normalized spacial score (nSPS) is 19.6. The molecule has 2 rings (SSSR count). The monoisotopic (exact) mass is 263 g/mol. The van der Waals surface area contributed by atoms with Crippen LogP contribution in [0, 0.1) is 0 Å². The second-order valence-corrected chi connectivity index (χ2v) is 5.32. The van der Waals surface area contributed by atoms with Gasteiger partial charge in [0.1, 0.15) is 5.82 Å². The first-order valence-electron chi connectivity index (χ1n) is 7.19. The van der Waals surface area contributed by atoms with Gasteiger partial charge in [0.25, 0.3) is 0 Å². The molecule has 0 spiro atoms. The predicted octanol–water partition coefficient (Wildman–Crippen LogP) is 1.83. The van der Waals surface area contributed by atoms with Crippen LogP contribution >= 0.6 is 0 Å². The third-order valence-electron chi connectivity index (χ3n) is 3.72. The molecular formula is C14H25N5. The highest BCUT2D eigenvalue weighted by Crippen LogP contribution is 2.18. The lowest BCUT2D eigenvalue weighted by Gasteiger charge is -2.26. The molecule has 19 heavy (non-hydrogen) atoms. The Hall–Kier alpha value is -1.36. The van der Waals surface area contributed by atoms with E-state index in [1.165, 1.54) is 19.4 Å². The first-order valence-corrected chi connectivity index (χ1v) is 7.19. The third-order valence-corrected chi connectivity index (χ3v) is 3.72. The van der Waals surface area contributed by atoms with Crippen LogP contribution in [0.4, 0.5) is 11.8 Å². The predicted molar refractivity (Wildman–Crippen MR) is 79.7 cm³/mol. The number of hydrogen-bond acceptors (Lipinski definition) is 5. The van der Waals surface area contributed by atoms with Crippen molar-refractivity contribution in [2.75, 3.05) is 43.9 Å². The minimum atomic E-state index is 0.645. The molecule has 1 saturated heterocycles. The first-order chi connectivity index (χ1) is 9.20. The van der Waals surface area contributed by atoms with Crippen molar-refractivity contribution in [1.29, 1.82) is 0 Å². The highest BCUT2D eigenvalue weighted by molar-refractivity contribution is 5.41. The number of nitrogens with zero attached hydrogens (tertiary/aromatic N) is 4. The van der Waals surface area contributed by atoms with Crippen molar-refractivity contribution in [3.63, 3.8) is 0 Å². The molecular weight excluding hydrogens is 238 g/mol. The minimum Gasteiger partial charge on any atom is -0.358 e. The molecule has 5 heteroatoms. The van der Waals surface area contributed by atoms with Gasteiger partial charge in [-0.25, -0.2) is 4.98 Å². The van der Waals surface area contributed by atoms with Gasteiger partial charge in [0.2, 0.25) is 5.95 Å². The van der Waals surface area contributed by atoms with E-state index >= 15 is 0 Å². The zero-order valence-electron chi connectivity index (χ0n) is 12.3. The fraction of sp³-hybridized carbons (Fsp3) is 0.714.